The number of hydrogen-bond donors (Lipinski definition) is 1. The Labute approximate surface area is 154 Å². The van der Waals surface area contributed by atoms with Gasteiger partial charge in [-0.2, -0.15) is 0 Å². The number of fused-ring (bicyclic) bond motifs is 1. The van der Waals surface area contributed by atoms with Gasteiger partial charge in [0, 0.05) is 44.8 Å². The van der Waals surface area contributed by atoms with Gasteiger partial charge in [-0.15, -0.1) is 0 Å². The number of piperidine rings is 1. The Hall–Kier alpha value is -1.92. The molecule has 0 aliphatic carbocycles. The highest BCUT2D eigenvalue weighted by Crippen LogP contribution is 2.29. The number of aliphatic hydroxyl groups excluding tert-OH is 1. The molecule has 0 saturated carbocycles. The Kier molecular flexibility index (Phi) is 5.22. The van der Waals surface area contributed by atoms with Crippen molar-refractivity contribution in [3.63, 3.8) is 0 Å². The molecular formula is C20H28N4O2. The normalized spacial score (nSPS) is 21.5. The predicted octanol–water partition coefficient (Wildman–Crippen LogP) is 2.19. The van der Waals surface area contributed by atoms with Gasteiger partial charge in [0.2, 0.25) is 0 Å². The predicted molar refractivity (Wildman–Crippen MR) is 100 cm³/mol. The summed E-state index contributed by atoms with van der Waals surface area (Å²) in [4.78, 5) is 14.4. The highest BCUT2D eigenvalue weighted by atomic mass is 16.3. The van der Waals surface area contributed by atoms with Crippen LogP contribution in [0.1, 0.15) is 35.7 Å². The maximum atomic E-state index is 9.58. The van der Waals surface area contributed by atoms with E-state index in [4.69, 9.17) is 14.4 Å². The Balaban J connectivity index is 1.55. The van der Waals surface area contributed by atoms with E-state index >= 15 is 0 Å². The topological polar surface area (TPSA) is 65.6 Å². The number of hydrogen-bond acceptors (Lipinski definition) is 6. The number of anilines is 1. The Morgan fingerprint density at radius 1 is 1.23 bits per heavy atom. The summed E-state index contributed by atoms with van der Waals surface area (Å²) in [6.45, 7) is 7.00. The Morgan fingerprint density at radius 2 is 2.12 bits per heavy atom. The van der Waals surface area contributed by atoms with Gasteiger partial charge in [0.05, 0.1) is 18.5 Å². The van der Waals surface area contributed by atoms with Gasteiger partial charge >= 0.3 is 0 Å². The second-order valence-corrected chi connectivity index (χ2v) is 7.51. The first-order valence-corrected chi connectivity index (χ1v) is 9.70. The molecule has 140 valence electrons. The fraction of sp³-hybridized carbons (Fsp3) is 0.600. The SMILES string of the molecule is Cc1nc2c(c(N3CCCC(CO)C3)n1)CCN(Cc1ccco1)CC2. The number of aromatic nitrogens is 2. The molecule has 0 bridgehead atoms. The average molecular weight is 356 g/mol. The average Bonchev–Trinajstić information content (AvgIpc) is 3.09. The van der Waals surface area contributed by atoms with Crippen LogP contribution in [-0.4, -0.2) is 52.8 Å². The summed E-state index contributed by atoms with van der Waals surface area (Å²) < 4.78 is 5.51. The number of furan rings is 1. The molecule has 6 heteroatoms. The first-order valence-electron chi connectivity index (χ1n) is 9.70. The summed E-state index contributed by atoms with van der Waals surface area (Å²) in [6.07, 6.45) is 5.88. The Bertz CT molecular complexity index is 732. The van der Waals surface area contributed by atoms with Crippen molar-refractivity contribution in [2.75, 3.05) is 37.7 Å². The molecule has 2 aliphatic rings. The van der Waals surface area contributed by atoms with Crippen LogP contribution in [0.3, 0.4) is 0 Å². The van der Waals surface area contributed by atoms with E-state index in [0.29, 0.717) is 5.92 Å². The van der Waals surface area contributed by atoms with E-state index in [9.17, 15) is 5.11 Å². The van der Waals surface area contributed by atoms with Crippen LogP contribution in [0.15, 0.2) is 22.8 Å². The smallest absolute Gasteiger partial charge is 0.135 e. The van der Waals surface area contributed by atoms with E-state index in [2.05, 4.69) is 9.80 Å². The summed E-state index contributed by atoms with van der Waals surface area (Å²) in [5.74, 6) is 3.33. The van der Waals surface area contributed by atoms with Gasteiger partial charge in [0.1, 0.15) is 17.4 Å². The zero-order chi connectivity index (χ0) is 17.9. The van der Waals surface area contributed by atoms with Crippen molar-refractivity contribution >= 4 is 5.82 Å². The lowest BCUT2D eigenvalue weighted by atomic mass is 9.98. The molecule has 6 nitrogen and oxygen atoms in total. The Morgan fingerprint density at radius 3 is 2.92 bits per heavy atom. The summed E-state index contributed by atoms with van der Waals surface area (Å²) in [5.41, 5.74) is 2.50. The molecule has 26 heavy (non-hydrogen) atoms. The molecule has 0 spiro atoms. The number of aryl methyl sites for hydroxylation is 1. The van der Waals surface area contributed by atoms with E-state index in [0.717, 1.165) is 75.8 Å². The summed E-state index contributed by atoms with van der Waals surface area (Å²) in [5, 5.41) is 9.58. The first-order chi connectivity index (χ1) is 12.7. The third-order valence-electron chi connectivity index (χ3n) is 5.56. The molecule has 0 amide bonds. The van der Waals surface area contributed by atoms with E-state index in [-0.39, 0.29) is 6.61 Å². The van der Waals surface area contributed by atoms with Gasteiger partial charge in [-0.3, -0.25) is 4.90 Å². The fourth-order valence-electron chi connectivity index (χ4n) is 4.20. The number of nitrogens with zero attached hydrogens (tertiary/aromatic N) is 4. The van der Waals surface area contributed by atoms with Crippen molar-refractivity contribution in [2.45, 2.75) is 39.2 Å². The zero-order valence-electron chi connectivity index (χ0n) is 15.5. The highest BCUT2D eigenvalue weighted by Gasteiger charge is 2.26. The van der Waals surface area contributed by atoms with Crippen molar-refractivity contribution in [3.05, 3.63) is 41.2 Å². The van der Waals surface area contributed by atoms with Crippen molar-refractivity contribution in [3.8, 4) is 0 Å². The first kappa shape index (κ1) is 17.5. The standard InChI is InChI=1S/C20H28N4O2/c1-15-21-19-7-10-23(13-17-5-3-11-26-17)9-6-18(19)20(22-15)24-8-2-4-16(12-24)14-25/h3,5,11,16,25H,2,4,6-10,12-14H2,1H3. The molecule has 1 unspecified atom stereocenters. The third kappa shape index (κ3) is 3.76. The summed E-state index contributed by atoms with van der Waals surface area (Å²) in [6, 6.07) is 3.99. The van der Waals surface area contributed by atoms with Gasteiger partial charge in [-0.05, 0) is 44.2 Å². The molecule has 1 saturated heterocycles. The minimum Gasteiger partial charge on any atom is -0.468 e. The van der Waals surface area contributed by atoms with E-state index in [1.165, 1.54) is 11.3 Å². The molecule has 1 fully saturated rings. The van der Waals surface area contributed by atoms with Gasteiger partial charge in [0.25, 0.3) is 0 Å². The van der Waals surface area contributed by atoms with Crippen molar-refractivity contribution in [2.24, 2.45) is 5.92 Å². The van der Waals surface area contributed by atoms with E-state index < -0.39 is 0 Å². The molecule has 2 aliphatic heterocycles. The molecule has 2 aromatic rings. The summed E-state index contributed by atoms with van der Waals surface area (Å²) >= 11 is 0. The lowest BCUT2D eigenvalue weighted by Gasteiger charge is -2.34. The van der Waals surface area contributed by atoms with Crippen LogP contribution in [0.25, 0.3) is 0 Å². The molecule has 4 rings (SSSR count). The van der Waals surface area contributed by atoms with E-state index in [1.54, 1.807) is 6.26 Å². The lowest BCUT2D eigenvalue weighted by molar-refractivity contribution is 0.208. The fourth-order valence-corrected chi connectivity index (χ4v) is 4.20. The van der Waals surface area contributed by atoms with Crippen LogP contribution in [0.2, 0.25) is 0 Å². The second-order valence-electron chi connectivity index (χ2n) is 7.51. The van der Waals surface area contributed by atoms with Crippen LogP contribution in [-0.2, 0) is 19.4 Å². The van der Waals surface area contributed by atoms with Gasteiger partial charge in [-0.1, -0.05) is 0 Å². The van der Waals surface area contributed by atoms with Crippen molar-refractivity contribution in [1.82, 2.24) is 14.9 Å². The molecule has 0 aromatic carbocycles. The van der Waals surface area contributed by atoms with Crippen LogP contribution in [0.4, 0.5) is 5.82 Å². The maximum Gasteiger partial charge on any atom is 0.135 e. The summed E-state index contributed by atoms with van der Waals surface area (Å²) in [7, 11) is 0. The molecule has 1 N–H and O–H groups in total. The molecular weight excluding hydrogens is 328 g/mol. The minimum absolute atomic E-state index is 0.264. The van der Waals surface area contributed by atoms with Crippen LogP contribution < -0.4 is 4.90 Å². The maximum absolute atomic E-state index is 9.58. The van der Waals surface area contributed by atoms with E-state index in [1.807, 2.05) is 19.1 Å². The van der Waals surface area contributed by atoms with Crippen molar-refractivity contribution in [1.29, 1.82) is 0 Å². The number of rotatable bonds is 4. The van der Waals surface area contributed by atoms with Gasteiger partial charge in [-0.25, -0.2) is 9.97 Å². The van der Waals surface area contributed by atoms with Crippen molar-refractivity contribution < 1.29 is 9.52 Å². The molecule has 4 heterocycles. The zero-order valence-corrected chi connectivity index (χ0v) is 15.5. The molecule has 2 aromatic heterocycles. The van der Waals surface area contributed by atoms with Crippen LogP contribution >= 0.6 is 0 Å². The van der Waals surface area contributed by atoms with Crippen LogP contribution in [0, 0.1) is 12.8 Å². The molecule has 0 radical (unpaired) electrons. The largest absolute Gasteiger partial charge is 0.468 e. The van der Waals surface area contributed by atoms with Gasteiger partial charge < -0.3 is 14.4 Å². The third-order valence-corrected chi connectivity index (χ3v) is 5.56. The monoisotopic (exact) mass is 356 g/mol. The highest BCUT2D eigenvalue weighted by molar-refractivity contribution is 5.50. The quantitative estimate of drug-likeness (QED) is 0.906. The number of aliphatic hydroxyl groups is 1. The second kappa shape index (κ2) is 7.76. The minimum atomic E-state index is 0.264. The molecule has 1 atom stereocenters. The lowest BCUT2D eigenvalue weighted by Crippen LogP contribution is -2.38. The van der Waals surface area contributed by atoms with Gasteiger partial charge in [0.15, 0.2) is 0 Å². The van der Waals surface area contributed by atoms with Crippen LogP contribution in [0.5, 0.6) is 0 Å².